The molecule has 1 heterocycles. The van der Waals surface area contributed by atoms with Crippen LogP contribution in [-0.4, -0.2) is 50.5 Å². The van der Waals surface area contributed by atoms with E-state index in [2.05, 4.69) is 10.6 Å². The van der Waals surface area contributed by atoms with Gasteiger partial charge in [0.05, 0.1) is 5.92 Å². The molecule has 0 bridgehead atoms. The van der Waals surface area contributed by atoms with Crippen LogP contribution in [0.2, 0.25) is 0 Å². The van der Waals surface area contributed by atoms with Crippen molar-refractivity contribution in [3.05, 3.63) is 29.8 Å². The van der Waals surface area contributed by atoms with E-state index in [1.54, 1.807) is 20.2 Å². The minimum Gasteiger partial charge on any atom is -0.484 e. The number of hydrogen-bond donors (Lipinski definition) is 2. The van der Waals surface area contributed by atoms with Crippen LogP contribution in [0.1, 0.15) is 12.0 Å². The summed E-state index contributed by atoms with van der Waals surface area (Å²) < 4.78 is 5.46. The predicted molar refractivity (Wildman–Crippen MR) is 90.7 cm³/mol. The molecule has 0 saturated carbocycles. The van der Waals surface area contributed by atoms with Gasteiger partial charge in [-0.2, -0.15) is 0 Å². The zero-order chi connectivity index (χ0) is 15.9. The molecule has 1 atom stereocenters. The molecular formula is C16H24ClN3O3. The summed E-state index contributed by atoms with van der Waals surface area (Å²) in [5, 5.41) is 6.12. The van der Waals surface area contributed by atoms with Gasteiger partial charge in [0, 0.05) is 27.2 Å². The summed E-state index contributed by atoms with van der Waals surface area (Å²) in [6.07, 6.45) is 0.891. The van der Waals surface area contributed by atoms with Crippen molar-refractivity contribution in [3.8, 4) is 5.75 Å². The Morgan fingerprint density at radius 2 is 2.17 bits per heavy atom. The van der Waals surface area contributed by atoms with Gasteiger partial charge in [-0.25, -0.2) is 0 Å². The Morgan fingerprint density at radius 1 is 1.39 bits per heavy atom. The molecule has 1 aliphatic rings. The lowest BCUT2D eigenvalue weighted by Crippen LogP contribution is -2.31. The van der Waals surface area contributed by atoms with E-state index in [9.17, 15) is 9.59 Å². The van der Waals surface area contributed by atoms with Crippen LogP contribution >= 0.6 is 12.4 Å². The van der Waals surface area contributed by atoms with Gasteiger partial charge < -0.3 is 20.3 Å². The van der Waals surface area contributed by atoms with Crippen LogP contribution in [0, 0.1) is 5.92 Å². The number of hydrogen-bond acceptors (Lipinski definition) is 4. The highest BCUT2D eigenvalue weighted by atomic mass is 35.5. The summed E-state index contributed by atoms with van der Waals surface area (Å²) in [6.45, 7) is 2.13. The molecule has 23 heavy (non-hydrogen) atoms. The molecule has 0 aliphatic carbocycles. The van der Waals surface area contributed by atoms with Crippen LogP contribution in [0.5, 0.6) is 5.75 Å². The maximum Gasteiger partial charge on any atom is 0.259 e. The molecule has 1 fully saturated rings. The van der Waals surface area contributed by atoms with Gasteiger partial charge in [-0.15, -0.1) is 12.4 Å². The number of likely N-dealkylation sites (N-methyl/N-ethyl adjacent to an activating group) is 1. The number of carbonyl (C=O) groups is 2. The second-order valence-corrected chi connectivity index (χ2v) is 5.63. The van der Waals surface area contributed by atoms with E-state index in [0.717, 1.165) is 25.1 Å². The zero-order valence-corrected chi connectivity index (χ0v) is 14.3. The first-order valence-electron chi connectivity index (χ1n) is 7.46. The summed E-state index contributed by atoms with van der Waals surface area (Å²) in [5.41, 5.74) is 0.953. The molecule has 6 nitrogen and oxygen atoms in total. The normalized spacial score (nSPS) is 16.3. The van der Waals surface area contributed by atoms with Gasteiger partial charge in [0.2, 0.25) is 5.91 Å². The number of rotatable bonds is 6. The van der Waals surface area contributed by atoms with E-state index < -0.39 is 0 Å². The third-order valence-electron chi connectivity index (χ3n) is 3.66. The SMILES string of the molecule is CN(C)C(=O)COc1cccc(CNC(=O)C2CCNC2)c1.Cl. The fraction of sp³-hybridized carbons (Fsp3) is 0.500. The lowest BCUT2D eigenvalue weighted by atomic mass is 10.1. The van der Waals surface area contributed by atoms with Crippen molar-refractivity contribution in [2.75, 3.05) is 33.8 Å². The van der Waals surface area contributed by atoms with Crippen molar-refractivity contribution in [3.63, 3.8) is 0 Å². The van der Waals surface area contributed by atoms with Gasteiger partial charge in [0.1, 0.15) is 5.75 Å². The van der Waals surface area contributed by atoms with Crippen LogP contribution in [0.15, 0.2) is 24.3 Å². The van der Waals surface area contributed by atoms with E-state index in [1.807, 2.05) is 18.2 Å². The van der Waals surface area contributed by atoms with E-state index >= 15 is 0 Å². The molecule has 1 aliphatic heterocycles. The summed E-state index contributed by atoms with van der Waals surface area (Å²) in [7, 11) is 3.38. The van der Waals surface area contributed by atoms with Crippen LogP contribution < -0.4 is 15.4 Å². The highest BCUT2D eigenvalue weighted by Crippen LogP contribution is 2.14. The number of benzene rings is 1. The molecule has 0 aromatic heterocycles. The second-order valence-electron chi connectivity index (χ2n) is 5.63. The number of halogens is 1. The average molecular weight is 342 g/mol. The second kappa shape index (κ2) is 9.37. The highest BCUT2D eigenvalue weighted by Gasteiger charge is 2.21. The van der Waals surface area contributed by atoms with Gasteiger partial charge in [-0.1, -0.05) is 12.1 Å². The van der Waals surface area contributed by atoms with Gasteiger partial charge >= 0.3 is 0 Å². The van der Waals surface area contributed by atoms with E-state index in [1.165, 1.54) is 4.90 Å². The maximum atomic E-state index is 12.0. The monoisotopic (exact) mass is 341 g/mol. The number of carbonyl (C=O) groups excluding carboxylic acids is 2. The van der Waals surface area contributed by atoms with Gasteiger partial charge in [0.25, 0.3) is 5.91 Å². The molecule has 1 aromatic carbocycles. The molecule has 0 spiro atoms. The van der Waals surface area contributed by atoms with Crippen molar-refractivity contribution < 1.29 is 14.3 Å². The highest BCUT2D eigenvalue weighted by molar-refractivity contribution is 5.85. The molecular weight excluding hydrogens is 318 g/mol. The Kier molecular flexibility index (Phi) is 7.85. The first-order valence-corrected chi connectivity index (χ1v) is 7.46. The van der Waals surface area contributed by atoms with Gasteiger partial charge in [0.15, 0.2) is 6.61 Å². The van der Waals surface area contributed by atoms with E-state index in [-0.39, 0.29) is 36.7 Å². The number of nitrogens with zero attached hydrogens (tertiary/aromatic N) is 1. The summed E-state index contributed by atoms with van der Waals surface area (Å²) in [6, 6.07) is 7.42. The molecule has 1 saturated heterocycles. The van der Waals surface area contributed by atoms with Crippen molar-refractivity contribution in [2.24, 2.45) is 5.92 Å². The Hall–Kier alpha value is -1.79. The summed E-state index contributed by atoms with van der Waals surface area (Å²) in [4.78, 5) is 24.9. The van der Waals surface area contributed by atoms with Crippen molar-refractivity contribution >= 4 is 24.2 Å². The minimum atomic E-state index is -0.0903. The average Bonchev–Trinajstić information content (AvgIpc) is 3.05. The summed E-state index contributed by atoms with van der Waals surface area (Å²) >= 11 is 0. The van der Waals surface area contributed by atoms with E-state index in [4.69, 9.17) is 4.74 Å². The summed E-state index contributed by atoms with van der Waals surface area (Å²) in [5.74, 6) is 0.688. The molecule has 1 aromatic rings. The van der Waals surface area contributed by atoms with E-state index in [0.29, 0.717) is 12.3 Å². The molecule has 128 valence electrons. The van der Waals surface area contributed by atoms with Crippen LogP contribution in [0.4, 0.5) is 0 Å². The quantitative estimate of drug-likeness (QED) is 0.803. The largest absolute Gasteiger partial charge is 0.484 e. The lowest BCUT2D eigenvalue weighted by Gasteiger charge is -2.13. The number of ether oxygens (including phenoxy) is 1. The van der Waals surface area contributed by atoms with Crippen molar-refractivity contribution in [2.45, 2.75) is 13.0 Å². The molecule has 1 unspecified atom stereocenters. The fourth-order valence-corrected chi connectivity index (χ4v) is 2.23. The van der Waals surface area contributed by atoms with Crippen LogP contribution in [0.25, 0.3) is 0 Å². The van der Waals surface area contributed by atoms with Crippen molar-refractivity contribution in [1.82, 2.24) is 15.5 Å². The maximum absolute atomic E-state index is 12.0. The molecule has 2 N–H and O–H groups in total. The third-order valence-corrected chi connectivity index (χ3v) is 3.66. The number of nitrogens with one attached hydrogen (secondary N) is 2. The topological polar surface area (TPSA) is 70.7 Å². The van der Waals surface area contributed by atoms with Gasteiger partial charge in [-0.3, -0.25) is 9.59 Å². The van der Waals surface area contributed by atoms with Crippen molar-refractivity contribution in [1.29, 1.82) is 0 Å². The third kappa shape index (κ3) is 6.08. The number of amides is 2. The predicted octanol–water partition coefficient (Wildman–Crippen LogP) is 0.801. The first-order chi connectivity index (χ1) is 10.6. The van der Waals surface area contributed by atoms with Crippen LogP contribution in [-0.2, 0) is 16.1 Å². The molecule has 2 amide bonds. The Labute approximate surface area is 143 Å². The molecule has 2 rings (SSSR count). The Bertz CT molecular complexity index is 531. The minimum absolute atomic E-state index is 0. The smallest absolute Gasteiger partial charge is 0.259 e. The standard InChI is InChI=1S/C16H23N3O3.ClH/c1-19(2)15(20)11-22-14-5-3-4-12(8-14)9-18-16(21)13-6-7-17-10-13;/h3-5,8,13,17H,6-7,9-11H2,1-2H3,(H,18,21);1H. The lowest BCUT2D eigenvalue weighted by molar-refractivity contribution is -0.130. The van der Waals surface area contributed by atoms with Gasteiger partial charge in [-0.05, 0) is 30.7 Å². The Balaban J connectivity index is 0.00000264. The zero-order valence-electron chi connectivity index (χ0n) is 13.5. The molecule has 7 heteroatoms. The molecule has 0 radical (unpaired) electrons. The fourth-order valence-electron chi connectivity index (χ4n) is 2.23. The Morgan fingerprint density at radius 3 is 2.83 bits per heavy atom. The first kappa shape index (κ1) is 19.3. The van der Waals surface area contributed by atoms with Crippen LogP contribution in [0.3, 0.4) is 0 Å².